The van der Waals surface area contributed by atoms with Crippen LogP contribution in [0.1, 0.15) is 43.9 Å². The van der Waals surface area contributed by atoms with E-state index in [0.29, 0.717) is 13.0 Å². The largest absolute Gasteiger partial charge is 0.466 e. The number of esters is 1. The van der Waals surface area contributed by atoms with Gasteiger partial charge in [-0.3, -0.25) is 9.78 Å². The minimum absolute atomic E-state index is 0.0160. The first-order chi connectivity index (χ1) is 8.69. The number of aromatic nitrogens is 1. The fraction of sp³-hybridized carbons (Fsp3) is 0.571. The Balaban J connectivity index is 2.77. The summed E-state index contributed by atoms with van der Waals surface area (Å²) in [6, 6.07) is 1.94. The minimum Gasteiger partial charge on any atom is -0.466 e. The van der Waals surface area contributed by atoms with Gasteiger partial charge in [0.2, 0.25) is 0 Å². The lowest BCUT2D eigenvalue weighted by atomic mass is 10.0. The summed E-state index contributed by atoms with van der Waals surface area (Å²) in [5.41, 5.74) is 2.21. The third kappa shape index (κ3) is 4.45. The Morgan fingerprint density at radius 1 is 1.50 bits per heavy atom. The van der Waals surface area contributed by atoms with Gasteiger partial charge >= 0.3 is 5.97 Å². The van der Waals surface area contributed by atoms with E-state index in [1.807, 2.05) is 26.1 Å². The molecule has 0 radical (unpaired) electrons. The molecule has 1 N–H and O–H groups in total. The zero-order valence-corrected chi connectivity index (χ0v) is 11.4. The van der Waals surface area contributed by atoms with Gasteiger partial charge in [-0.2, -0.15) is 0 Å². The van der Waals surface area contributed by atoms with Crippen LogP contribution in [0.15, 0.2) is 18.5 Å². The highest BCUT2D eigenvalue weighted by Crippen LogP contribution is 2.20. The van der Waals surface area contributed by atoms with Gasteiger partial charge in [0.1, 0.15) is 0 Å². The molecule has 1 unspecified atom stereocenters. The molecule has 0 aliphatic carbocycles. The highest BCUT2D eigenvalue weighted by molar-refractivity contribution is 5.70. The quantitative estimate of drug-likeness (QED) is 0.755. The van der Waals surface area contributed by atoms with E-state index in [0.717, 1.165) is 24.1 Å². The first-order valence-corrected chi connectivity index (χ1v) is 6.48. The summed E-state index contributed by atoms with van der Waals surface area (Å²) < 4.78 is 5.01. The number of hydrogen-bond acceptors (Lipinski definition) is 4. The molecule has 0 saturated carbocycles. The molecule has 0 amide bonds. The molecule has 100 valence electrons. The van der Waals surface area contributed by atoms with Crippen molar-refractivity contribution < 1.29 is 9.53 Å². The van der Waals surface area contributed by atoms with Crippen molar-refractivity contribution in [3.8, 4) is 0 Å². The fourth-order valence-corrected chi connectivity index (χ4v) is 1.84. The lowest BCUT2D eigenvalue weighted by molar-refractivity contribution is -0.143. The molecular formula is C14H22N2O2. The van der Waals surface area contributed by atoms with Crippen molar-refractivity contribution in [1.29, 1.82) is 0 Å². The molecule has 0 aliphatic heterocycles. The predicted molar refractivity (Wildman–Crippen MR) is 71.3 cm³/mol. The third-order valence-corrected chi connectivity index (χ3v) is 2.77. The zero-order chi connectivity index (χ0) is 13.4. The van der Waals surface area contributed by atoms with E-state index < -0.39 is 0 Å². The number of aryl methyl sites for hydroxylation is 1. The lowest BCUT2D eigenvalue weighted by Crippen LogP contribution is -2.26. The summed E-state index contributed by atoms with van der Waals surface area (Å²) in [5.74, 6) is -0.172. The standard InChI is InChI=1S/C14H22N2O2/c1-4-7-16-13(9-14(17)18-5-2)12-10-15-8-6-11(12)3/h6,8,10,13,16H,4-5,7,9H2,1-3H3. The van der Waals surface area contributed by atoms with Crippen LogP contribution in [0.3, 0.4) is 0 Å². The Hall–Kier alpha value is -1.42. The molecule has 0 spiro atoms. The van der Waals surface area contributed by atoms with Gasteiger partial charge in [0, 0.05) is 18.4 Å². The van der Waals surface area contributed by atoms with Crippen LogP contribution in [0.2, 0.25) is 0 Å². The molecule has 0 bridgehead atoms. The van der Waals surface area contributed by atoms with Gasteiger partial charge in [-0.25, -0.2) is 0 Å². The number of ether oxygens (including phenoxy) is 1. The normalized spacial score (nSPS) is 12.2. The Morgan fingerprint density at radius 3 is 2.89 bits per heavy atom. The van der Waals surface area contributed by atoms with E-state index in [1.165, 1.54) is 0 Å². The van der Waals surface area contributed by atoms with Crippen LogP contribution in [0, 0.1) is 6.92 Å². The molecule has 1 rings (SSSR count). The van der Waals surface area contributed by atoms with Crippen LogP contribution in [0.25, 0.3) is 0 Å². The Bertz CT molecular complexity index is 380. The van der Waals surface area contributed by atoms with E-state index in [9.17, 15) is 4.79 Å². The summed E-state index contributed by atoms with van der Waals surface area (Å²) in [5, 5.41) is 3.38. The molecule has 1 atom stereocenters. The highest BCUT2D eigenvalue weighted by atomic mass is 16.5. The number of carbonyl (C=O) groups is 1. The lowest BCUT2D eigenvalue weighted by Gasteiger charge is -2.19. The second-order valence-corrected chi connectivity index (χ2v) is 4.25. The van der Waals surface area contributed by atoms with Crippen molar-refractivity contribution in [1.82, 2.24) is 10.3 Å². The number of nitrogens with one attached hydrogen (secondary N) is 1. The van der Waals surface area contributed by atoms with Crippen molar-refractivity contribution in [2.24, 2.45) is 0 Å². The predicted octanol–water partition coefficient (Wildman–Crippen LogP) is 2.38. The fourth-order valence-electron chi connectivity index (χ4n) is 1.84. The molecule has 1 aromatic rings. The van der Waals surface area contributed by atoms with E-state index in [1.54, 1.807) is 6.20 Å². The third-order valence-electron chi connectivity index (χ3n) is 2.77. The van der Waals surface area contributed by atoms with Crippen LogP contribution in [-0.2, 0) is 9.53 Å². The number of pyridine rings is 1. The summed E-state index contributed by atoms with van der Waals surface area (Å²) in [4.78, 5) is 15.8. The summed E-state index contributed by atoms with van der Waals surface area (Å²) >= 11 is 0. The number of carbonyl (C=O) groups excluding carboxylic acids is 1. The second kappa shape index (κ2) is 7.82. The molecule has 0 aromatic carbocycles. The molecule has 1 heterocycles. The average molecular weight is 250 g/mol. The van der Waals surface area contributed by atoms with Gasteiger partial charge in [-0.15, -0.1) is 0 Å². The van der Waals surface area contributed by atoms with Gasteiger partial charge in [0.25, 0.3) is 0 Å². The maximum absolute atomic E-state index is 11.6. The highest BCUT2D eigenvalue weighted by Gasteiger charge is 2.17. The molecule has 0 aliphatic rings. The van der Waals surface area contributed by atoms with Gasteiger partial charge in [-0.1, -0.05) is 6.92 Å². The number of nitrogens with zero attached hydrogens (tertiary/aromatic N) is 1. The maximum atomic E-state index is 11.6. The molecule has 1 aromatic heterocycles. The van der Waals surface area contributed by atoms with Crippen molar-refractivity contribution in [2.75, 3.05) is 13.2 Å². The van der Waals surface area contributed by atoms with Gasteiger partial charge in [0.15, 0.2) is 0 Å². The molecule has 4 heteroatoms. The van der Waals surface area contributed by atoms with Gasteiger partial charge in [0.05, 0.1) is 13.0 Å². The second-order valence-electron chi connectivity index (χ2n) is 4.25. The Morgan fingerprint density at radius 2 is 2.28 bits per heavy atom. The van der Waals surface area contributed by atoms with Crippen molar-refractivity contribution in [3.05, 3.63) is 29.6 Å². The first-order valence-electron chi connectivity index (χ1n) is 6.48. The Labute approximate surface area is 109 Å². The summed E-state index contributed by atoms with van der Waals surface area (Å²) in [6.45, 7) is 7.25. The van der Waals surface area contributed by atoms with E-state index >= 15 is 0 Å². The van der Waals surface area contributed by atoms with Crippen molar-refractivity contribution in [3.63, 3.8) is 0 Å². The Kier molecular flexibility index (Phi) is 6.36. The smallest absolute Gasteiger partial charge is 0.307 e. The van der Waals surface area contributed by atoms with E-state index in [-0.39, 0.29) is 12.0 Å². The van der Waals surface area contributed by atoms with Gasteiger partial charge < -0.3 is 10.1 Å². The zero-order valence-electron chi connectivity index (χ0n) is 11.4. The van der Waals surface area contributed by atoms with Crippen LogP contribution >= 0.6 is 0 Å². The SMILES string of the molecule is CCCNC(CC(=O)OCC)c1cnccc1C. The van der Waals surface area contributed by atoms with Crippen molar-refractivity contribution in [2.45, 2.75) is 39.7 Å². The van der Waals surface area contributed by atoms with Crippen molar-refractivity contribution >= 4 is 5.97 Å². The number of hydrogen-bond donors (Lipinski definition) is 1. The molecule has 18 heavy (non-hydrogen) atoms. The maximum Gasteiger partial charge on any atom is 0.307 e. The van der Waals surface area contributed by atoms with Crippen LogP contribution in [0.4, 0.5) is 0 Å². The van der Waals surface area contributed by atoms with E-state index in [2.05, 4.69) is 17.2 Å². The molecule has 0 saturated heterocycles. The summed E-state index contributed by atoms with van der Waals surface area (Å²) in [7, 11) is 0. The van der Waals surface area contributed by atoms with Crippen LogP contribution in [0.5, 0.6) is 0 Å². The molecule has 4 nitrogen and oxygen atoms in total. The van der Waals surface area contributed by atoms with E-state index in [4.69, 9.17) is 4.74 Å². The van der Waals surface area contributed by atoms with Gasteiger partial charge in [-0.05, 0) is 44.0 Å². The van der Waals surface area contributed by atoms with Crippen LogP contribution < -0.4 is 5.32 Å². The molecule has 0 fully saturated rings. The minimum atomic E-state index is -0.172. The van der Waals surface area contributed by atoms with Crippen LogP contribution in [-0.4, -0.2) is 24.1 Å². The molecular weight excluding hydrogens is 228 g/mol. The first kappa shape index (κ1) is 14.6. The average Bonchev–Trinajstić information content (AvgIpc) is 2.35. The monoisotopic (exact) mass is 250 g/mol. The summed E-state index contributed by atoms with van der Waals surface area (Å²) in [6.07, 6.45) is 4.96. The topological polar surface area (TPSA) is 51.2 Å². The number of rotatable bonds is 7.